The van der Waals surface area contributed by atoms with E-state index in [0.717, 1.165) is 21.6 Å². The Labute approximate surface area is 152 Å². The van der Waals surface area contributed by atoms with E-state index in [1.807, 2.05) is 25.1 Å². The second-order valence-electron chi connectivity index (χ2n) is 7.28. The summed E-state index contributed by atoms with van der Waals surface area (Å²) in [6, 6.07) is 14.4. The molecular formula is C21H23NO2S. The van der Waals surface area contributed by atoms with Crippen molar-refractivity contribution in [3.05, 3.63) is 59.4 Å². The molecule has 1 aromatic heterocycles. The number of furan rings is 1. The number of rotatable bonds is 4. The highest BCUT2D eigenvalue weighted by atomic mass is 32.2. The van der Waals surface area contributed by atoms with Crippen molar-refractivity contribution in [3.8, 4) is 0 Å². The normalized spacial score (nSPS) is 11.7. The number of carbonyl (C=O) groups is 1. The lowest BCUT2D eigenvalue weighted by Gasteiger charge is -2.19. The molecule has 1 N–H and O–H groups in total. The van der Waals surface area contributed by atoms with Crippen LogP contribution in [0.1, 0.15) is 49.4 Å². The van der Waals surface area contributed by atoms with Crippen molar-refractivity contribution in [3.63, 3.8) is 0 Å². The second-order valence-corrected chi connectivity index (χ2v) is 8.16. The topological polar surface area (TPSA) is 42.2 Å². The quantitative estimate of drug-likeness (QED) is 0.438. The molecule has 0 radical (unpaired) electrons. The van der Waals surface area contributed by atoms with E-state index in [2.05, 4.69) is 49.8 Å². The van der Waals surface area contributed by atoms with Crippen LogP contribution in [0.2, 0.25) is 0 Å². The molecule has 0 saturated heterocycles. The third-order valence-corrected chi connectivity index (χ3v) is 5.07. The summed E-state index contributed by atoms with van der Waals surface area (Å²) in [4.78, 5) is 13.0. The van der Waals surface area contributed by atoms with Crippen LogP contribution in [0.25, 0.3) is 11.0 Å². The Morgan fingerprint density at radius 2 is 1.76 bits per heavy atom. The molecule has 0 saturated carbocycles. The van der Waals surface area contributed by atoms with Crippen LogP contribution in [-0.2, 0) is 5.41 Å². The van der Waals surface area contributed by atoms with Gasteiger partial charge in [0.05, 0.1) is 5.56 Å². The summed E-state index contributed by atoms with van der Waals surface area (Å²) in [7, 11) is 0. The number of Topliss-reactive ketones (excluding diaryl/α,β-unsaturated/α-hetero) is 1. The van der Waals surface area contributed by atoms with Crippen LogP contribution in [-0.4, -0.2) is 5.78 Å². The molecule has 0 aliphatic rings. The first-order valence-corrected chi connectivity index (χ1v) is 9.15. The van der Waals surface area contributed by atoms with Crippen molar-refractivity contribution in [1.82, 2.24) is 0 Å². The molecule has 25 heavy (non-hydrogen) atoms. The molecule has 0 spiro atoms. The summed E-state index contributed by atoms with van der Waals surface area (Å²) in [5.74, 6) is 0.698. The maximum absolute atomic E-state index is 11.9. The summed E-state index contributed by atoms with van der Waals surface area (Å²) in [6.45, 7) is 10.0. The predicted octanol–water partition coefficient (Wildman–Crippen LogP) is 6.36. The van der Waals surface area contributed by atoms with E-state index in [4.69, 9.17) is 4.42 Å². The van der Waals surface area contributed by atoms with Gasteiger partial charge in [-0.1, -0.05) is 32.9 Å². The lowest BCUT2D eigenvalue weighted by atomic mass is 9.87. The summed E-state index contributed by atoms with van der Waals surface area (Å²) in [5, 5.41) is 0.860. The van der Waals surface area contributed by atoms with Crippen molar-refractivity contribution in [1.29, 1.82) is 0 Å². The number of nitrogens with one attached hydrogen (secondary N) is 1. The van der Waals surface area contributed by atoms with Gasteiger partial charge >= 0.3 is 0 Å². The number of anilines is 1. The summed E-state index contributed by atoms with van der Waals surface area (Å²) >= 11 is 1.56. The molecule has 1 heterocycles. The molecule has 0 fully saturated rings. The van der Waals surface area contributed by atoms with E-state index >= 15 is 0 Å². The first-order chi connectivity index (χ1) is 11.8. The van der Waals surface area contributed by atoms with E-state index < -0.39 is 0 Å². The number of benzene rings is 2. The third-order valence-electron chi connectivity index (χ3n) is 4.22. The van der Waals surface area contributed by atoms with Crippen molar-refractivity contribution in [2.24, 2.45) is 0 Å². The van der Waals surface area contributed by atoms with Crippen LogP contribution < -0.4 is 4.72 Å². The molecule has 0 atom stereocenters. The maximum Gasteiger partial charge on any atom is 0.163 e. The number of hydrogen-bond acceptors (Lipinski definition) is 4. The number of aryl methyl sites for hydroxylation is 1. The molecule has 3 rings (SSSR count). The molecule has 0 aliphatic heterocycles. The largest absolute Gasteiger partial charge is 0.461 e. The van der Waals surface area contributed by atoms with Crippen LogP contribution in [0.5, 0.6) is 0 Å². The lowest BCUT2D eigenvalue weighted by Crippen LogP contribution is -2.10. The third kappa shape index (κ3) is 3.74. The van der Waals surface area contributed by atoms with Gasteiger partial charge < -0.3 is 9.14 Å². The Hall–Kier alpha value is -2.20. The Kier molecular flexibility index (Phi) is 4.65. The number of carbonyl (C=O) groups excluding carboxylic acids is 1. The monoisotopic (exact) mass is 353 g/mol. The highest BCUT2D eigenvalue weighted by Crippen LogP contribution is 2.31. The number of fused-ring (bicyclic) bond motifs is 1. The zero-order valence-electron chi connectivity index (χ0n) is 15.3. The fraction of sp³-hybridized carbons (Fsp3) is 0.286. The van der Waals surface area contributed by atoms with Gasteiger partial charge in [0.25, 0.3) is 0 Å². The Morgan fingerprint density at radius 3 is 2.36 bits per heavy atom. The first-order valence-electron chi connectivity index (χ1n) is 8.33. The fourth-order valence-electron chi connectivity index (χ4n) is 2.86. The van der Waals surface area contributed by atoms with Crippen molar-refractivity contribution in [2.45, 2.75) is 44.9 Å². The minimum atomic E-state index is 0.0267. The highest BCUT2D eigenvalue weighted by Gasteiger charge is 2.15. The smallest absolute Gasteiger partial charge is 0.163 e. The van der Waals surface area contributed by atoms with Gasteiger partial charge in [0.2, 0.25) is 0 Å². The molecule has 0 unspecified atom stereocenters. The van der Waals surface area contributed by atoms with Crippen molar-refractivity contribution in [2.75, 3.05) is 4.72 Å². The highest BCUT2D eigenvalue weighted by molar-refractivity contribution is 8.00. The molecule has 130 valence electrons. The van der Waals surface area contributed by atoms with Gasteiger partial charge in [0.1, 0.15) is 11.3 Å². The predicted molar refractivity (Wildman–Crippen MR) is 106 cm³/mol. The van der Waals surface area contributed by atoms with Gasteiger partial charge in [-0.15, -0.1) is 0 Å². The van der Waals surface area contributed by atoms with Crippen LogP contribution in [0, 0.1) is 6.92 Å². The molecular weight excluding hydrogens is 330 g/mol. The maximum atomic E-state index is 11.9. The lowest BCUT2D eigenvalue weighted by molar-refractivity contribution is 0.101. The molecule has 2 aromatic carbocycles. The Balaban J connectivity index is 1.79. The van der Waals surface area contributed by atoms with Crippen LogP contribution in [0.4, 0.5) is 5.69 Å². The molecule has 0 amide bonds. The van der Waals surface area contributed by atoms with E-state index in [1.165, 1.54) is 5.56 Å². The van der Waals surface area contributed by atoms with Gasteiger partial charge in [-0.05, 0) is 67.1 Å². The van der Waals surface area contributed by atoms with Crippen molar-refractivity contribution >= 4 is 34.4 Å². The average Bonchev–Trinajstić information content (AvgIpc) is 2.87. The van der Waals surface area contributed by atoms with Crippen LogP contribution in [0.15, 0.2) is 51.8 Å². The minimum absolute atomic E-state index is 0.0267. The summed E-state index contributed by atoms with van der Waals surface area (Å²) < 4.78 is 9.02. The first kappa shape index (κ1) is 17.6. The van der Waals surface area contributed by atoms with E-state index in [-0.39, 0.29) is 11.2 Å². The van der Waals surface area contributed by atoms with Crippen molar-refractivity contribution < 1.29 is 9.21 Å². The zero-order valence-corrected chi connectivity index (χ0v) is 16.1. The Morgan fingerprint density at radius 1 is 1.08 bits per heavy atom. The molecule has 4 heteroatoms. The van der Waals surface area contributed by atoms with E-state index in [0.29, 0.717) is 11.3 Å². The summed E-state index contributed by atoms with van der Waals surface area (Å²) in [6.07, 6.45) is 0. The second kappa shape index (κ2) is 6.60. The van der Waals surface area contributed by atoms with Gasteiger partial charge in [-0.25, -0.2) is 0 Å². The molecule has 3 nitrogen and oxygen atoms in total. The van der Waals surface area contributed by atoms with E-state index in [1.54, 1.807) is 18.9 Å². The van der Waals surface area contributed by atoms with Crippen LogP contribution in [0.3, 0.4) is 0 Å². The minimum Gasteiger partial charge on any atom is -0.461 e. The fourth-order valence-corrected chi connectivity index (χ4v) is 3.50. The standard InChI is InChI=1S/C21H23NO2S/c1-13(23)20-14(2)24-19-11-8-16(12-18(19)20)22-25-17-9-6-15(7-10-17)21(3,4)5/h6-12,22H,1-5H3. The number of hydrogen-bond donors (Lipinski definition) is 1. The molecule has 3 aromatic rings. The molecule has 0 bridgehead atoms. The Bertz CT molecular complexity index is 917. The van der Waals surface area contributed by atoms with Gasteiger partial charge in [-0.3, -0.25) is 4.79 Å². The molecule has 0 aliphatic carbocycles. The average molecular weight is 353 g/mol. The SMILES string of the molecule is CC(=O)c1c(C)oc2ccc(NSc3ccc(C(C)(C)C)cc3)cc12. The summed E-state index contributed by atoms with van der Waals surface area (Å²) in [5.41, 5.74) is 3.83. The zero-order chi connectivity index (χ0) is 18.2. The van der Waals surface area contributed by atoms with Gasteiger partial charge in [-0.2, -0.15) is 0 Å². The van der Waals surface area contributed by atoms with Gasteiger partial charge in [0.15, 0.2) is 5.78 Å². The van der Waals surface area contributed by atoms with E-state index in [9.17, 15) is 4.79 Å². The number of ketones is 1. The van der Waals surface area contributed by atoms with Crippen LogP contribution >= 0.6 is 11.9 Å². The van der Waals surface area contributed by atoms with Gasteiger partial charge in [0, 0.05) is 16.0 Å².